The summed E-state index contributed by atoms with van der Waals surface area (Å²) in [5.74, 6) is 5.65. The third-order valence-electron chi connectivity index (χ3n) is 1.44. The Morgan fingerprint density at radius 2 is 2.38 bits per heavy atom. The maximum atomic E-state index is 8.49. The van der Waals surface area contributed by atoms with E-state index in [9.17, 15) is 0 Å². The molecule has 0 spiro atoms. The summed E-state index contributed by atoms with van der Waals surface area (Å²) in [6.07, 6.45) is 1.62. The molecular formula is C10H9N3. The topological polar surface area (TPSA) is 48.7 Å². The van der Waals surface area contributed by atoms with Crippen LogP contribution in [0.4, 0.5) is 5.69 Å². The van der Waals surface area contributed by atoms with Crippen molar-refractivity contribution < 1.29 is 0 Å². The van der Waals surface area contributed by atoms with E-state index in [0.717, 1.165) is 5.69 Å². The molecule has 0 aromatic carbocycles. The molecule has 1 N–H and O–H groups in total. The molecule has 1 rings (SSSR count). The highest BCUT2D eigenvalue weighted by atomic mass is 14.9. The maximum absolute atomic E-state index is 8.49. The van der Waals surface area contributed by atoms with E-state index in [2.05, 4.69) is 22.1 Å². The van der Waals surface area contributed by atoms with Crippen LogP contribution in [-0.2, 0) is 0 Å². The van der Waals surface area contributed by atoms with Crippen LogP contribution < -0.4 is 5.32 Å². The van der Waals surface area contributed by atoms with Crippen LogP contribution in [-0.4, -0.2) is 11.5 Å². The molecule has 0 atom stereocenters. The fourth-order valence-corrected chi connectivity index (χ4v) is 0.799. The van der Waals surface area contributed by atoms with E-state index in [1.54, 1.807) is 19.2 Å². The van der Waals surface area contributed by atoms with Gasteiger partial charge in [0.25, 0.3) is 0 Å². The largest absolute Gasteiger partial charge is 0.373 e. The summed E-state index contributed by atoms with van der Waals surface area (Å²) < 4.78 is 0. The Kier molecular flexibility index (Phi) is 3.35. The number of pyridine rings is 1. The van der Waals surface area contributed by atoms with Gasteiger partial charge in [0, 0.05) is 0 Å². The third-order valence-corrected chi connectivity index (χ3v) is 1.44. The van der Waals surface area contributed by atoms with Crippen molar-refractivity contribution in [2.24, 2.45) is 0 Å². The van der Waals surface area contributed by atoms with Gasteiger partial charge in [-0.1, -0.05) is 5.92 Å². The molecule has 0 aliphatic carbocycles. The number of anilines is 1. The zero-order valence-corrected chi connectivity index (χ0v) is 7.33. The fourth-order valence-electron chi connectivity index (χ4n) is 0.799. The van der Waals surface area contributed by atoms with E-state index in [-0.39, 0.29) is 0 Å². The van der Waals surface area contributed by atoms with Gasteiger partial charge in [0.2, 0.25) is 0 Å². The standard InChI is InChI=1S/C10H9N3/c1-2-3-6-12-10-5-4-9(7-11)13-8-10/h4-5,8,12H,6H2,1H3. The van der Waals surface area contributed by atoms with Gasteiger partial charge in [-0.3, -0.25) is 0 Å². The van der Waals surface area contributed by atoms with Crippen molar-refractivity contribution in [3.63, 3.8) is 0 Å². The van der Waals surface area contributed by atoms with Gasteiger partial charge in [-0.25, -0.2) is 4.98 Å². The lowest BCUT2D eigenvalue weighted by atomic mass is 10.3. The first kappa shape index (κ1) is 9.09. The summed E-state index contributed by atoms with van der Waals surface area (Å²) in [5.41, 5.74) is 1.30. The van der Waals surface area contributed by atoms with Crippen LogP contribution in [0.15, 0.2) is 18.3 Å². The Balaban J connectivity index is 2.58. The molecule has 0 aliphatic heterocycles. The Labute approximate surface area is 77.4 Å². The summed E-state index contributed by atoms with van der Waals surface area (Å²) in [5, 5.41) is 11.5. The van der Waals surface area contributed by atoms with E-state index in [0.29, 0.717) is 12.2 Å². The summed E-state index contributed by atoms with van der Waals surface area (Å²) in [4.78, 5) is 3.90. The molecule has 3 nitrogen and oxygen atoms in total. The van der Waals surface area contributed by atoms with E-state index >= 15 is 0 Å². The lowest BCUT2D eigenvalue weighted by Crippen LogP contribution is -1.98. The quantitative estimate of drug-likeness (QED) is 0.684. The van der Waals surface area contributed by atoms with Crippen LogP contribution >= 0.6 is 0 Å². The Bertz CT molecular complexity index is 362. The van der Waals surface area contributed by atoms with Gasteiger partial charge in [0.15, 0.2) is 0 Å². The number of hydrogen-bond acceptors (Lipinski definition) is 3. The minimum atomic E-state index is 0.423. The molecule has 1 aromatic heterocycles. The normalized spacial score (nSPS) is 8.00. The zero-order chi connectivity index (χ0) is 9.52. The predicted octanol–water partition coefficient (Wildman–Crippen LogP) is 1.39. The average molecular weight is 171 g/mol. The number of nitrogens with one attached hydrogen (secondary N) is 1. The van der Waals surface area contributed by atoms with Crippen LogP contribution in [0.25, 0.3) is 0 Å². The van der Waals surface area contributed by atoms with Gasteiger partial charge in [-0.2, -0.15) is 5.26 Å². The van der Waals surface area contributed by atoms with Crippen LogP contribution in [0.3, 0.4) is 0 Å². The molecule has 1 aromatic rings. The van der Waals surface area contributed by atoms with Crippen molar-refractivity contribution in [1.82, 2.24) is 4.98 Å². The Morgan fingerprint density at radius 1 is 1.54 bits per heavy atom. The van der Waals surface area contributed by atoms with Gasteiger partial charge in [-0.05, 0) is 19.1 Å². The molecule has 0 saturated carbocycles. The number of hydrogen-bond donors (Lipinski definition) is 1. The Hall–Kier alpha value is -2.00. The molecule has 0 saturated heterocycles. The highest BCUT2D eigenvalue weighted by Gasteiger charge is 1.91. The van der Waals surface area contributed by atoms with Crippen LogP contribution in [0, 0.1) is 23.2 Å². The van der Waals surface area contributed by atoms with Crippen molar-refractivity contribution in [2.75, 3.05) is 11.9 Å². The summed E-state index contributed by atoms with van der Waals surface area (Å²) in [6, 6.07) is 5.43. The molecule has 1 heterocycles. The van der Waals surface area contributed by atoms with Gasteiger partial charge in [0.05, 0.1) is 18.4 Å². The van der Waals surface area contributed by atoms with E-state index in [4.69, 9.17) is 5.26 Å². The first-order chi connectivity index (χ1) is 6.36. The van der Waals surface area contributed by atoms with E-state index < -0.39 is 0 Å². The smallest absolute Gasteiger partial charge is 0.140 e. The van der Waals surface area contributed by atoms with Crippen molar-refractivity contribution in [1.29, 1.82) is 5.26 Å². The minimum absolute atomic E-state index is 0.423. The zero-order valence-electron chi connectivity index (χ0n) is 7.33. The molecule has 3 heteroatoms. The van der Waals surface area contributed by atoms with Crippen LogP contribution in [0.5, 0.6) is 0 Å². The number of nitriles is 1. The van der Waals surface area contributed by atoms with Gasteiger partial charge >= 0.3 is 0 Å². The van der Waals surface area contributed by atoms with E-state index in [1.165, 1.54) is 0 Å². The summed E-state index contributed by atoms with van der Waals surface area (Å²) in [7, 11) is 0. The summed E-state index contributed by atoms with van der Waals surface area (Å²) in [6.45, 7) is 2.39. The van der Waals surface area contributed by atoms with Crippen molar-refractivity contribution in [3.8, 4) is 17.9 Å². The fraction of sp³-hybridized carbons (Fsp3) is 0.200. The first-order valence-corrected chi connectivity index (χ1v) is 3.86. The minimum Gasteiger partial charge on any atom is -0.373 e. The molecule has 0 bridgehead atoms. The van der Waals surface area contributed by atoms with Crippen LogP contribution in [0.2, 0.25) is 0 Å². The molecule has 0 aliphatic rings. The molecule has 0 amide bonds. The second-order valence-corrected chi connectivity index (χ2v) is 2.32. The summed E-state index contributed by atoms with van der Waals surface area (Å²) >= 11 is 0. The number of aromatic nitrogens is 1. The lowest BCUT2D eigenvalue weighted by Gasteiger charge is -1.99. The van der Waals surface area contributed by atoms with Crippen LogP contribution in [0.1, 0.15) is 12.6 Å². The molecule has 0 unspecified atom stereocenters. The molecular weight excluding hydrogens is 162 g/mol. The second kappa shape index (κ2) is 4.79. The average Bonchev–Trinajstić information content (AvgIpc) is 2.19. The van der Waals surface area contributed by atoms with Gasteiger partial charge in [-0.15, -0.1) is 5.92 Å². The highest BCUT2D eigenvalue weighted by Crippen LogP contribution is 2.04. The van der Waals surface area contributed by atoms with Crippen molar-refractivity contribution in [3.05, 3.63) is 24.0 Å². The molecule has 0 radical (unpaired) electrons. The number of nitrogens with zero attached hydrogens (tertiary/aromatic N) is 2. The lowest BCUT2D eigenvalue weighted by molar-refractivity contribution is 1.24. The van der Waals surface area contributed by atoms with Crippen molar-refractivity contribution >= 4 is 5.69 Å². The predicted molar refractivity (Wildman–Crippen MR) is 50.9 cm³/mol. The molecule has 13 heavy (non-hydrogen) atoms. The first-order valence-electron chi connectivity index (χ1n) is 3.86. The Morgan fingerprint density at radius 3 is 2.92 bits per heavy atom. The van der Waals surface area contributed by atoms with E-state index in [1.807, 2.05) is 12.1 Å². The monoisotopic (exact) mass is 171 g/mol. The SMILES string of the molecule is CC#CCNc1ccc(C#N)nc1. The molecule has 0 fully saturated rings. The third kappa shape index (κ3) is 2.84. The van der Waals surface area contributed by atoms with Gasteiger partial charge < -0.3 is 5.32 Å². The van der Waals surface area contributed by atoms with Gasteiger partial charge in [0.1, 0.15) is 11.8 Å². The van der Waals surface area contributed by atoms with Crippen molar-refractivity contribution in [2.45, 2.75) is 6.92 Å². The maximum Gasteiger partial charge on any atom is 0.140 e. The second-order valence-electron chi connectivity index (χ2n) is 2.32. The number of rotatable bonds is 2. The highest BCUT2D eigenvalue weighted by molar-refractivity contribution is 5.43. The molecule has 64 valence electrons.